The highest BCUT2D eigenvalue weighted by Gasteiger charge is 2.11. The fourth-order valence-electron chi connectivity index (χ4n) is 3.25. The van der Waals surface area contributed by atoms with Crippen LogP contribution in [0.1, 0.15) is 68.2 Å². The maximum atomic E-state index is 2.67. The highest BCUT2D eigenvalue weighted by Crippen LogP contribution is 2.08. The van der Waals surface area contributed by atoms with E-state index in [1.165, 1.54) is 52.1 Å². The van der Waals surface area contributed by atoms with Crippen molar-refractivity contribution >= 4 is 0 Å². The van der Waals surface area contributed by atoms with E-state index in [0.29, 0.717) is 0 Å². The Bertz CT molecular complexity index is 200. The average molecular weight is 313 g/mol. The van der Waals surface area contributed by atoms with Crippen molar-refractivity contribution in [2.75, 3.05) is 39.3 Å². The zero-order chi connectivity index (χ0) is 17.1. The Labute approximate surface area is 141 Å². The Morgan fingerprint density at radius 1 is 0.455 bits per heavy atom. The second-order valence-corrected chi connectivity index (χ2v) is 8.80. The summed E-state index contributed by atoms with van der Waals surface area (Å²) in [6, 6.07) is 0. The van der Waals surface area contributed by atoms with Gasteiger partial charge in [-0.05, 0) is 49.6 Å². The molecular weight excluding hydrogens is 268 g/mol. The van der Waals surface area contributed by atoms with Gasteiger partial charge >= 0.3 is 0 Å². The first-order chi connectivity index (χ1) is 10.2. The van der Waals surface area contributed by atoms with Crippen LogP contribution in [-0.2, 0) is 0 Å². The van der Waals surface area contributed by atoms with Crippen molar-refractivity contribution in [1.29, 1.82) is 0 Å². The van der Waals surface area contributed by atoms with Gasteiger partial charge in [0.25, 0.3) is 0 Å². The Morgan fingerprint density at radius 3 is 0.864 bits per heavy atom. The van der Waals surface area contributed by atoms with Gasteiger partial charge in [-0.15, -0.1) is 0 Å². The molecule has 2 nitrogen and oxygen atoms in total. The largest absolute Gasteiger partial charge is 0.303 e. The maximum absolute atomic E-state index is 2.67. The van der Waals surface area contributed by atoms with Crippen molar-refractivity contribution in [3.05, 3.63) is 0 Å². The Hall–Kier alpha value is -0.0800. The molecule has 0 fully saturated rings. The summed E-state index contributed by atoms with van der Waals surface area (Å²) in [4.78, 5) is 5.34. The monoisotopic (exact) mass is 312 g/mol. The molecule has 2 heteroatoms. The lowest BCUT2D eigenvalue weighted by molar-refractivity contribution is 0.193. The number of nitrogens with zero attached hydrogens (tertiary/aromatic N) is 2. The normalized spacial score (nSPS) is 12.8. The van der Waals surface area contributed by atoms with Gasteiger partial charge in [0.05, 0.1) is 0 Å². The van der Waals surface area contributed by atoms with Gasteiger partial charge < -0.3 is 9.80 Å². The maximum Gasteiger partial charge on any atom is 0.000449 e. The van der Waals surface area contributed by atoms with Gasteiger partial charge in [-0.3, -0.25) is 0 Å². The van der Waals surface area contributed by atoms with Crippen molar-refractivity contribution in [2.24, 2.45) is 23.7 Å². The average Bonchev–Trinajstić information content (AvgIpc) is 2.31. The molecule has 0 rings (SSSR count). The topological polar surface area (TPSA) is 6.48 Å². The molecule has 0 N–H and O–H groups in total. The number of rotatable bonds is 13. The molecule has 0 aromatic carbocycles. The fourth-order valence-corrected chi connectivity index (χ4v) is 3.25. The van der Waals surface area contributed by atoms with Gasteiger partial charge in [0.2, 0.25) is 0 Å². The van der Waals surface area contributed by atoms with Gasteiger partial charge in [-0.2, -0.15) is 0 Å². The van der Waals surface area contributed by atoms with Crippen LogP contribution < -0.4 is 0 Å². The van der Waals surface area contributed by atoms with E-state index in [9.17, 15) is 0 Å². The first-order valence-electron chi connectivity index (χ1n) is 9.65. The van der Waals surface area contributed by atoms with Crippen LogP contribution in [0.15, 0.2) is 0 Å². The first kappa shape index (κ1) is 21.9. The quantitative estimate of drug-likeness (QED) is 0.442. The fraction of sp³-hybridized carbons (Fsp3) is 1.00. The Morgan fingerprint density at radius 2 is 0.682 bits per heavy atom. The zero-order valence-electron chi connectivity index (χ0n) is 16.9. The molecule has 22 heavy (non-hydrogen) atoms. The molecule has 0 aliphatic carbocycles. The second-order valence-electron chi connectivity index (χ2n) is 8.80. The molecule has 0 aromatic heterocycles. The molecule has 0 bridgehead atoms. The lowest BCUT2D eigenvalue weighted by atomic mass is 10.1. The van der Waals surface area contributed by atoms with E-state index in [0.717, 1.165) is 23.7 Å². The molecule has 0 amide bonds. The summed E-state index contributed by atoms with van der Waals surface area (Å²) in [6.45, 7) is 26.2. The molecule has 0 aliphatic rings. The Balaban J connectivity index is 4.10. The molecule has 0 saturated carbocycles. The van der Waals surface area contributed by atoms with Crippen LogP contribution in [0.4, 0.5) is 0 Å². The number of unbranched alkanes of at least 4 members (excludes halogenated alkanes) is 1. The van der Waals surface area contributed by atoms with Gasteiger partial charge in [-0.25, -0.2) is 0 Å². The zero-order valence-corrected chi connectivity index (χ0v) is 16.9. The summed E-state index contributed by atoms with van der Waals surface area (Å²) in [5.41, 5.74) is 0. The lowest BCUT2D eigenvalue weighted by Crippen LogP contribution is -2.34. The minimum Gasteiger partial charge on any atom is -0.303 e. The lowest BCUT2D eigenvalue weighted by Gasteiger charge is -2.28. The van der Waals surface area contributed by atoms with Gasteiger partial charge in [0.1, 0.15) is 0 Å². The molecule has 0 unspecified atom stereocenters. The third-order valence-electron chi connectivity index (χ3n) is 3.69. The molecule has 0 heterocycles. The van der Waals surface area contributed by atoms with E-state index < -0.39 is 0 Å². The predicted molar refractivity (Wildman–Crippen MR) is 101 cm³/mol. The van der Waals surface area contributed by atoms with Gasteiger partial charge in [-0.1, -0.05) is 55.4 Å². The van der Waals surface area contributed by atoms with Gasteiger partial charge in [0.15, 0.2) is 0 Å². The number of hydrogen-bond acceptors (Lipinski definition) is 2. The molecule has 0 atom stereocenters. The third kappa shape index (κ3) is 13.6. The van der Waals surface area contributed by atoms with E-state index in [2.05, 4.69) is 65.2 Å². The summed E-state index contributed by atoms with van der Waals surface area (Å²) in [7, 11) is 0. The standard InChI is InChI=1S/C20H44N2/c1-17(2)13-21(14-18(3)4)11-9-10-12-22(15-19(5)6)16-20(7)8/h17-20H,9-16H2,1-8H3. The summed E-state index contributed by atoms with van der Waals surface area (Å²) < 4.78 is 0. The molecule has 0 radical (unpaired) electrons. The smallest absolute Gasteiger partial charge is 0.000449 e. The predicted octanol–water partition coefficient (Wildman–Crippen LogP) is 4.99. The van der Waals surface area contributed by atoms with Crippen molar-refractivity contribution in [3.63, 3.8) is 0 Å². The van der Waals surface area contributed by atoms with E-state index >= 15 is 0 Å². The van der Waals surface area contributed by atoms with E-state index in [-0.39, 0.29) is 0 Å². The molecule has 0 spiro atoms. The SMILES string of the molecule is CC(C)CN(CCCCN(CC(C)C)CC(C)C)CC(C)C. The van der Waals surface area contributed by atoms with Crippen LogP contribution in [0.3, 0.4) is 0 Å². The number of hydrogen-bond donors (Lipinski definition) is 0. The molecule has 134 valence electrons. The van der Waals surface area contributed by atoms with Crippen LogP contribution in [0.2, 0.25) is 0 Å². The van der Waals surface area contributed by atoms with Crippen molar-refractivity contribution in [3.8, 4) is 0 Å². The van der Waals surface area contributed by atoms with Crippen LogP contribution in [-0.4, -0.2) is 49.1 Å². The van der Waals surface area contributed by atoms with Crippen LogP contribution in [0.25, 0.3) is 0 Å². The molecule has 0 aromatic rings. The minimum atomic E-state index is 0.775. The van der Waals surface area contributed by atoms with E-state index in [4.69, 9.17) is 0 Å². The summed E-state index contributed by atoms with van der Waals surface area (Å²) >= 11 is 0. The molecular formula is C20H44N2. The van der Waals surface area contributed by atoms with Gasteiger partial charge in [0, 0.05) is 26.2 Å². The molecule has 0 aliphatic heterocycles. The summed E-state index contributed by atoms with van der Waals surface area (Å²) in [6.07, 6.45) is 2.68. The highest BCUT2D eigenvalue weighted by molar-refractivity contribution is 4.66. The highest BCUT2D eigenvalue weighted by atomic mass is 15.1. The van der Waals surface area contributed by atoms with E-state index in [1.807, 2.05) is 0 Å². The van der Waals surface area contributed by atoms with Crippen molar-refractivity contribution < 1.29 is 0 Å². The van der Waals surface area contributed by atoms with Crippen LogP contribution in [0, 0.1) is 23.7 Å². The van der Waals surface area contributed by atoms with Crippen molar-refractivity contribution in [2.45, 2.75) is 68.2 Å². The molecule has 0 saturated heterocycles. The van der Waals surface area contributed by atoms with Crippen molar-refractivity contribution in [1.82, 2.24) is 9.80 Å². The van der Waals surface area contributed by atoms with E-state index in [1.54, 1.807) is 0 Å². The third-order valence-corrected chi connectivity index (χ3v) is 3.69. The summed E-state index contributed by atoms with van der Waals surface area (Å²) in [5, 5.41) is 0. The minimum absolute atomic E-state index is 0.775. The van der Waals surface area contributed by atoms with Crippen LogP contribution in [0.5, 0.6) is 0 Å². The van der Waals surface area contributed by atoms with Crippen LogP contribution >= 0.6 is 0 Å². The Kier molecular flexibility index (Phi) is 12.3. The first-order valence-corrected chi connectivity index (χ1v) is 9.65. The summed E-state index contributed by atoms with van der Waals surface area (Å²) in [5.74, 6) is 3.10. The second kappa shape index (κ2) is 12.4.